The van der Waals surface area contributed by atoms with Crippen LogP contribution in [-0.2, 0) is 17.9 Å². The second kappa shape index (κ2) is 6.72. The minimum atomic E-state index is 0.434. The number of aromatic nitrogens is 1. The molecule has 1 aliphatic carbocycles. The average Bonchev–Trinajstić information content (AvgIpc) is 2.65. The maximum Gasteiger partial charge on any atom is 0.0738 e. The van der Waals surface area contributed by atoms with Crippen LogP contribution in [0.4, 0.5) is 0 Å². The summed E-state index contributed by atoms with van der Waals surface area (Å²) in [5.74, 6) is 0. The molecule has 94 valence electrons. The van der Waals surface area contributed by atoms with E-state index in [1.807, 2.05) is 6.07 Å². The van der Waals surface area contributed by atoms with Crippen LogP contribution in [-0.4, -0.2) is 11.1 Å². The molecule has 1 fully saturated rings. The molecule has 0 bridgehead atoms. The fourth-order valence-electron chi connectivity index (χ4n) is 2.40. The van der Waals surface area contributed by atoms with Gasteiger partial charge in [-0.1, -0.05) is 31.7 Å². The van der Waals surface area contributed by atoms with Gasteiger partial charge in [-0.3, -0.25) is 4.98 Å². The van der Waals surface area contributed by atoms with E-state index < -0.39 is 0 Å². The van der Waals surface area contributed by atoms with Crippen molar-refractivity contribution in [3.05, 3.63) is 29.6 Å². The molecule has 0 spiro atoms. The number of ether oxygens (including phenoxy) is 1. The third kappa shape index (κ3) is 3.79. The van der Waals surface area contributed by atoms with Crippen molar-refractivity contribution in [2.75, 3.05) is 0 Å². The molecule has 0 atom stereocenters. The normalized spacial score (nSPS) is 17.9. The smallest absolute Gasteiger partial charge is 0.0738 e. The summed E-state index contributed by atoms with van der Waals surface area (Å²) in [7, 11) is 0. The first-order valence-electron chi connectivity index (χ1n) is 6.64. The molecule has 0 radical (unpaired) electrons. The van der Waals surface area contributed by atoms with Gasteiger partial charge in [-0.2, -0.15) is 0 Å². The first kappa shape index (κ1) is 12.5. The van der Waals surface area contributed by atoms with E-state index in [2.05, 4.69) is 11.1 Å². The summed E-state index contributed by atoms with van der Waals surface area (Å²) in [5, 5.41) is 0. The minimum absolute atomic E-state index is 0.434. The Morgan fingerprint density at radius 3 is 2.71 bits per heavy atom. The van der Waals surface area contributed by atoms with Crippen molar-refractivity contribution >= 4 is 0 Å². The fourth-order valence-corrected chi connectivity index (χ4v) is 2.40. The summed E-state index contributed by atoms with van der Waals surface area (Å²) in [4.78, 5) is 4.27. The molecule has 1 saturated carbocycles. The Hall–Kier alpha value is -0.930. The molecule has 0 aromatic carbocycles. The molecule has 2 N–H and O–H groups in total. The molecule has 17 heavy (non-hydrogen) atoms. The quantitative estimate of drug-likeness (QED) is 0.815. The van der Waals surface area contributed by atoms with E-state index in [-0.39, 0.29) is 0 Å². The Morgan fingerprint density at radius 1 is 1.24 bits per heavy atom. The zero-order chi connectivity index (χ0) is 11.9. The van der Waals surface area contributed by atoms with Gasteiger partial charge in [0.25, 0.3) is 0 Å². The van der Waals surface area contributed by atoms with E-state index in [1.165, 1.54) is 38.5 Å². The van der Waals surface area contributed by atoms with E-state index in [4.69, 9.17) is 10.5 Å². The Bertz CT molecular complexity index is 333. The molecule has 3 nitrogen and oxygen atoms in total. The lowest BCUT2D eigenvalue weighted by atomic mass is 10.1. The second-order valence-corrected chi connectivity index (χ2v) is 4.74. The zero-order valence-electron chi connectivity index (χ0n) is 10.4. The van der Waals surface area contributed by atoms with Crippen molar-refractivity contribution < 1.29 is 4.74 Å². The summed E-state index contributed by atoms with van der Waals surface area (Å²) in [6.07, 6.45) is 9.97. The Morgan fingerprint density at radius 2 is 2.00 bits per heavy atom. The SMILES string of the molecule is NCc1ncccc1COC1CCCCCC1. The van der Waals surface area contributed by atoms with Gasteiger partial charge in [-0.15, -0.1) is 0 Å². The predicted molar refractivity (Wildman–Crippen MR) is 68.4 cm³/mol. The number of nitrogens with two attached hydrogens (primary N) is 1. The van der Waals surface area contributed by atoms with Crippen LogP contribution in [0.25, 0.3) is 0 Å². The van der Waals surface area contributed by atoms with Crippen molar-refractivity contribution in [2.45, 2.75) is 57.8 Å². The van der Waals surface area contributed by atoms with Gasteiger partial charge in [0.2, 0.25) is 0 Å². The number of rotatable bonds is 4. The van der Waals surface area contributed by atoms with Gasteiger partial charge in [0.05, 0.1) is 18.4 Å². The molecule has 0 saturated heterocycles. The van der Waals surface area contributed by atoms with Crippen LogP contribution in [0, 0.1) is 0 Å². The van der Waals surface area contributed by atoms with Gasteiger partial charge in [0.1, 0.15) is 0 Å². The molecule has 1 aromatic heterocycles. The topological polar surface area (TPSA) is 48.1 Å². The first-order valence-corrected chi connectivity index (χ1v) is 6.64. The van der Waals surface area contributed by atoms with E-state index in [0.29, 0.717) is 19.3 Å². The Kier molecular flexibility index (Phi) is 4.95. The molecule has 0 amide bonds. The molecule has 0 unspecified atom stereocenters. The minimum Gasteiger partial charge on any atom is -0.373 e. The maximum absolute atomic E-state index is 6.00. The van der Waals surface area contributed by atoms with Crippen molar-refractivity contribution in [2.24, 2.45) is 5.73 Å². The summed E-state index contributed by atoms with van der Waals surface area (Å²) in [5.41, 5.74) is 7.76. The highest BCUT2D eigenvalue weighted by Gasteiger charge is 2.13. The molecule has 2 rings (SSSR count). The first-order chi connectivity index (χ1) is 8.40. The molecular formula is C14H22N2O. The predicted octanol–water partition coefficient (Wildman–Crippen LogP) is 2.78. The molecule has 1 aliphatic rings. The van der Waals surface area contributed by atoms with Crippen LogP contribution in [0.2, 0.25) is 0 Å². The zero-order valence-corrected chi connectivity index (χ0v) is 10.4. The van der Waals surface area contributed by atoms with E-state index in [9.17, 15) is 0 Å². The third-order valence-electron chi connectivity index (χ3n) is 3.45. The molecule has 3 heteroatoms. The summed E-state index contributed by atoms with van der Waals surface area (Å²) >= 11 is 0. The van der Waals surface area contributed by atoms with Crippen LogP contribution >= 0.6 is 0 Å². The highest BCUT2D eigenvalue weighted by atomic mass is 16.5. The lowest BCUT2D eigenvalue weighted by Crippen LogP contribution is -2.13. The van der Waals surface area contributed by atoms with Crippen molar-refractivity contribution in [1.29, 1.82) is 0 Å². The van der Waals surface area contributed by atoms with Gasteiger partial charge >= 0.3 is 0 Å². The van der Waals surface area contributed by atoms with Gasteiger partial charge in [0.15, 0.2) is 0 Å². The molecule has 1 heterocycles. The van der Waals surface area contributed by atoms with Gasteiger partial charge in [-0.25, -0.2) is 0 Å². The van der Waals surface area contributed by atoms with Crippen molar-refractivity contribution in [3.63, 3.8) is 0 Å². The Balaban J connectivity index is 1.87. The number of hydrogen-bond acceptors (Lipinski definition) is 3. The van der Waals surface area contributed by atoms with Crippen LogP contribution < -0.4 is 5.73 Å². The number of hydrogen-bond donors (Lipinski definition) is 1. The van der Waals surface area contributed by atoms with Crippen LogP contribution in [0.5, 0.6) is 0 Å². The third-order valence-corrected chi connectivity index (χ3v) is 3.45. The molecular weight excluding hydrogens is 212 g/mol. The maximum atomic E-state index is 6.00. The number of nitrogens with zero attached hydrogens (tertiary/aromatic N) is 1. The van der Waals surface area contributed by atoms with Crippen LogP contribution in [0.15, 0.2) is 18.3 Å². The van der Waals surface area contributed by atoms with Crippen molar-refractivity contribution in [3.8, 4) is 0 Å². The summed E-state index contributed by atoms with van der Waals surface area (Å²) < 4.78 is 6.00. The van der Waals surface area contributed by atoms with Gasteiger partial charge in [0, 0.05) is 18.3 Å². The highest BCUT2D eigenvalue weighted by Crippen LogP contribution is 2.21. The lowest BCUT2D eigenvalue weighted by molar-refractivity contribution is 0.0304. The fraction of sp³-hybridized carbons (Fsp3) is 0.643. The van der Waals surface area contributed by atoms with E-state index in [0.717, 1.165) is 11.3 Å². The second-order valence-electron chi connectivity index (χ2n) is 4.74. The molecule has 0 aliphatic heterocycles. The monoisotopic (exact) mass is 234 g/mol. The standard InChI is InChI=1S/C14H22N2O/c15-10-14-12(6-5-9-16-14)11-17-13-7-3-1-2-4-8-13/h5-6,9,13H,1-4,7-8,10-11,15H2. The van der Waals surface area contributed by atoms with Gasteiger partial charge in [-0.05, 0) is 18.9 Å². The van der Waals surface area contributed by atoms with E-state index >= 15 is 0 Å². The van der Waals surface area contributed by atoms with Crippen LogP contribution in [0.3, 0.4) is 0 Å². The summed E-state index contributed by atoms with van der Waals surface area (Å²) in [6.45, 7) is 1.15. The van der Waals surface area contributed by atoms with Gasteiger partial charge < -0.3 is 10.5 Å². The highest BCUT2D eigenvalue weighted by molar-refractivity contribution is 5.18. The molecule has 1 aromatic rings. The van der Waals surface area contributed by atoms with E-state index in [1.54, 1.807) is 6.20 Å². The number of pyridine rings is 1. The average molecular weight is 234 g/mol. The lowest BCUT2D eigenvalue weighted by Gasteiger charge is -2.16. The van der Waals surface area contributed by atoms with Crippen molar-refractivity contribution in [1.82, 2.24) is 4.98 Å². The largest absolute Gasteiger partial charge is 0.373 e. The van der Waals surface area contributed by atoms with Crippen LogP contribution in [0.1, 0.15) is 49.8 Å². The summed E-state index contributed by atoms with van der Waals surface area (Å²) in [6, 6.07) is 4.01. The Labute approximate surface area is 103 Å².